The Hall–Kier alpha value is -2.11. The Morgan fingerprint density at radius 1 is 1.11 bits per heavy atom. The Morgan fingerprint density at radius 3 is 2.42 bits per heavy atom. The van der Waals surface area contributed by atoms with Crippen molar-refractivity contribution in [2.75, 3.05) is 11.9 Å². The van der Waals surface area contributed by atoms with E-state index in [9.17, 15) is 13.2 Å². The largest absolute Gasteiger partial charge is 0.397 e. The molecule has 1 aromatic heterocycles. The first-order valence-corrected chi connectivity index (χ1v) is 5.69. The molecular formula is C13H12F3N3. The second-order valence-corrected chi connectivity index (χ2v) is 3.98. The molecule has 1 atom stereocenters. The minimum Gasteiger partial charge on any atom is -0.368 e. The number of nitrogens with zero attached hydrogens (tertiary/aromatic N) is 2. The lowest BCUT2D eigenvalue weighted by Gasteiger charge is -2.21. The molecule has 3 nitrogen and oxygen atoms in total. The smallest absolute Gasteiger partial charge is 0.368 e. The van der Waals surface area contributed by atoms with Crippen LogP contribution in [0.25, 0.3) is 0 Å². The van der Waals surface area contributed by atoms with E-state index in [0.717, 1.165) is 0 Å². The second-order valence-electron chi connectivity index (χ2n) is 3.98. The highest BCUT2D eigenvalue weighted by atomic mass is 19.4. The number of alkyl halides is 3. The van der Waals surface area contributed by atoms with Crippen LogP contribution in [0.3, 0.4) is 0 Å². The second kappa shape index (κ2) is 5.69. The molecule has 0 saturated carbocycles. The molecule has 1 N–H and O–H groups in total. The van der Waals surface area contributed by atoms with Crippen molar-refractivity contribution in [1.29, 1.82) is 0 Å². The van der Waals surface area contributed by atoms with Gasteiger partial charge in [0.05, 0.1) is 12.1 Å². The fourth-order valence-electron chi connectivity index (χ4n) is 1.70. The van der Waals surface area contributed by atoms with E-state index in [2.05, 4.69) is 15.3 Å². The maximum absolute atomic E-state index is 13.0. The van der Waals surface area contributed by atoms with Crippen molar-refractivity contribution in [2.45, 2.75) is 12.1 Å². The van der Waals surface area contributed by atoms with Crippen molar-refractivity contribution in [3.05, 3.63) is 54.5 Å². The monoisotopic (exact) mass is 267 g/mol. The molecule has 0 aliphatic heterocycles. The fraction of sp³-hybridized carbons (Fsp3) is 0.231. The van der Waals surface area contributed by atoms with E-state index in [1.165, 1.54) is 30.7 Å². The topological polar surface area (TPSA) is 37.8 Å². The molecule has 2 aromatic rings. The van der Waals surface area contributed by atoms with Gasteiger partial charge in [-0.25, -0.2) is 4.98 Å². The zero-order valence-electron chi connectivity index (χ0n) is 9.93. The van der Waals surface area contributed by atoms with Crippen LogP contribution in [0.2, 0.25) is 0 Å². The summed E-state index contributed by atoms with van der Waals surface area (Å²) in [6.07, 6.45) is -0.0357. The molecule has 0 fully saturated rings. The van der Waals surface area contributed by atoms with Crippen molar-refractivity contribution in [2.24, 2.45) is 0 Å². The highest BCUT2D eigenvalue weighted by molar-refractivity contribution is 5.32. The van der Waals surface area contributed by atoms with Gasteiger partial charge in [0.15, 0.2) is 0 Å². The SMILES string of the molecule is FC(F)(F)C(CNc1cnccn1)c1ccccc1. The molecule has 0 amide bonds. The summed E-state index contributed by atoms with van der Waals surface area (Å²) in [6, 6.07) is 7.81. The summed E-state index contributed by atoms with van der Waals surface area (Å²) >= 11 is 0. The van der Waals surface area contributed by atoms with E-state index in [1.807, 2.05) is 0 Å². The number of hydrogen-bond acceptors (Lipinski definition) is 3. The van der Waals surface area contributed by atoms with Crippen LogP contribution in [0.1, 0.15) is 11.5 Å². The Balaban J connectivity index is 2.12. The van der Waals surface area contributed by atoms with Crippen LogP contribution in [0, 0.1) is 0 Å². The Morgan fingerprint density at radius 2 is 1.84 bits per heavy atom. The summed E-state index contributed by atoms with van der Waals surface area (Å²) in [6.45, 7) is -0.272. The van der Waals surface area contributed by atoms with Crippen LogP contribution in [0.4, 0.5) is 19.0 Å². The van der Waals surface area contributed by atoms with E-state index in [0.29, 0.717) is 5.82 Å². The maximum Gasteiger partial charge on any atom is 0.397 e. The van der Waals surface area contributed by atoms with Crippen LogP contribution in [-0.2, 0) is 0 Å². The molecule has 0 bridgehead atoms. The number of benzene rings is 1. The average Bonchev–Trinajstić information content (AvgIpc) is 2.40. The third-order valence-corrected chi connectivity index (χ3v) is 2.65. The summed E-state index contributed by atoms with van der Waals surface area (Å²) < 4.78 is 39.1. The van der Waals surface area contributed by atoms with Crippen molar-refractivity contribution in [3.8, 4) is 0 Å². The molecule has 1 aromatic carbocycles. The normalized spacial score (nSPS) is 13.0. The van der Waals surface area contributed by atoms with Crippen molar-refractivity contribution < 1.29 is 13.2 Å². The van der Waals surface area contributed by atoms with Gasteiger partial charge in [-0.1, -0.05) is 30.3 Å². The number of anilines is 1. The summed E-state index contributed by atoms with van der Waals surface area (Å²) in [5.74, 6) is -1.25. The van der Waals surface area contributed by atoms with Crippen molar-refractivity contribution in [3.63, 3.8) is 0 Å². The average molecular weight is 267 g/mol. The number of aromatic nitrogens is 2. The van der Waals surface area contributed by atoms with Gasteiger partial charge in [0.2, 0.25) is 0 Å². The molecule has 100 valence electrons. The Bertz CT molecular complexity index is 500. The minimum atomic E-state index is -4.31. The maximum atomic E-state index is 13.0. The van der Waals surface area contributed by atoms with Gasteiger partial charge in [-0.05, 0) is 5.56 Å². The number of halogens is 3. The van der Waals surface area contributed by atoms with E-state index >= 15 is 0 Å². The Kier molecular flexibility index (Phi) is 3.99. The minimum absolute atomic E-state index is 0.228. The zero-order valence-corrected chi connectivity index (χ0v) is 9.93. The molecule has 19 heavy (non-hydrogen) atoms. The molecule has 1 unspecified atom stereocenters. The van der Waals surface area contributed by atoms with Gasteiger partial charge in [-0.2, -0.15) is 13.2 Å². The molecule has 0 saturated heterocycles. The van der Waals surface area contributed by atoms with E-state index in [4.69, 9.17) is 0 Å². The van der Waals surface area contributed by atoms with Gasteiger partial charge in [0.1, 0.15) is 5.82 Å². The molecule has 6 heteroatoms. The highest BCUT2D eigenvalue weighted by Crippen LogP contribution is 2.34. The standard InChI is InChI=1S/C13H12F3N3/c14-13(15,16)11(10-4-2-1-3-5-10)8-19-12-9-17-6-7-18-12/h1-7,9,11H,8H2,(H,18,19). The van der Waals surface area contributed by atoms with Gasteiger partial charge in [0.25, 0.3) is 0 Å². The first kappa shape index (κ1) is 13.3. The van der Waals surface area contributed by atoms with Crippen LogP contribution in [0.5, 0.6) is 0 Å². The summed E-state index contributed by atoms with van der Waals surface area (Å²) in [5, 5.41) is 2.66. The predicted molar refractivity (Wildman–Crippen MR) is 65.8 cm³/mol. The van der Waals surface area contributed by atoms with E-state index < -0.39 is 12.1 Å². The van der Waals surface area contributed by atoms with Crippen LogP contribution in [0.15, 0.2) is 48.9 Å². The predicted octanol–water partition coefficient (Wildman–Crippen LogP) is 3.23. The van der Waals surface area contributed by atoms with E-state index in [-0.39, 0.29) is 12.1 Å². The highest BCUT2D eigenvalue weighted by Gasteiger charge is 2.40. The molecular weight excluding hydrogens is 255 g/mol. The molecule has 0 radical (unpaired) electrons. The molecule has 0 aliphatic rings. The fourth-order valence-corrected chi connectivity index (χ4v) is 1.70. The van der Waals surface area contributed by atoms with Crippen molar-refractivity contribution >= 4 is 5.82 Å². The van der Waals surface area contributed by atoms with Crippen LogP contribution >= 0.6 is 0 Å². The zero-order chi connectivity index (χ0) is 13.7. The van der Waals surface area contributed by atoms with Crippen LogP contribution < -0.4 is 5.32 Å². The molecule has 2 rings (SSSR count). The van der Waals surface area contributed by atoms with Gasteiger partial charge in [-0.15, -0.1) is 0 Å². The molecule has 1 heterocycles. The third kappa shape index (κ3) is 3.67. The third-order valence-electron chi connectivity index (χ3n) is 2.65. The summed E-state index contributed by atoms with van der Waals surface area (Å²) in [7, 11) is 0. The number of nitrogens with one attached hydrogen (secondary N) is 1. The van der Waals surface area contributed by atoms with Gasteiger partial charge in [-0.3, -0.25) is 4.98 Å². The summed E-state index contributed by atoms with van der Waals surface area (Å²) in [5.41, 5.74) is 0.228. The molecule has 0 spiro atoms. The lowest BCUT2D eigenvalue weighted by atomic mass is 9.98. The first-order chi connectivity index (χ1) is 9.07. The van der Waals surface area contributed by atoms with Crippen LogP contribution in [-0.4, -0.2) is 22.7 Å². The lowest BCUT2D eigenvalue weighted by Crippen LogP contribution is -2.27. The first-order valence-electron chi connectivity index (χ1n) is 5.69. The Labute approximate surface area is 108 Å². The number of hydrogen-bond donors (Lipinski definition) is 1. The number of rotatable bonds is 4. The summed E-state index contributed by atoms with van der Waals surface area (Å²) in [4.78, 5) is 7.68. The van der Waals surface area contributed by atoms with Crippen molar-refractivity contribution in [1.82, 2.24) is 9.97 Å². The van der Waals surface area contributed by atoms with Gasteiger partial charge in [0, 0.05) is 18.9 Å². The van der Waals surface area contributed by atoms with Gasteiger partial charge >= 0.3 is 6.18 Å². The van der Waals surface area contributed by atoms with Gasteiger partial charge < -0.3 is 5.32 Å². The quantitative estimate of drug-likeness (QED) is 0.924. The van der Waals surface area contributed by atoms with E-state index in [1.54, 1.807) is 18.2 Å². The molecule has 0 aliphatic carbocycles. The lowest BCUT2D eigenvalue weighted by molar-refractivity contribution is -0.147.